The van der Waals surface area contributed by atoms with Gasteiger partial charge in [-0.3, -0.25) is 14.8 Å². The van der Waals surface area contributed by atoms with Crippen LogP contribution in [0.5, 0.6) is 0 Å². The van der Waals surface area contributed by atoms with Crippen molar-refractivity contribution in [2.75, 3.05) is 15.8 Å². The normalized spacial score (nSPS) is 12.0. The molecule has 0 atom stereocenters. The van der Waals surface area contributed by atoms with Crippen molar-refractivity contribution < 1.29 is 13.2 Å². The third-order valence-corrected chi connectivity index (χ3v) is 5.91. The first-order valence-corrected chi connectivity index (χ1v) is 10.3. The maximum atomic E-state index is 12.4. The fourth-order valence-corrected chi connectivity index (χ4v) is 3.89. The Bertz CT molecular complexity index is 854. The van der Waals surface area contributed by atoms with Crippen molar-refractivity contribution in [1.29, 1.82) is 0 Å². The van der Waals surface area contributed by atoms with Crippen molar-refractivity contribution in [3.05, 3.63) is 34.8 Å². The molecule has 0 aliphatic rings. The molecule has 0 saturated carbocycles. The minimum Gasteiger partial charge on any atom is -0.296 e. The van der Waals surface area contributed by atoms with E-state index in [1.165, 1.54) is 17.4 Å². The molecule has 1 heterocycles. The van der Waals surface area contributed by atoms with E-state index in [4.69, 9.17) is 0 Å². The Labute approximate surface area is 151 Å². The molecule has 0 aliphatic carbocycles. The van der Waals surface area contributed by atoms with Crippen LogP contribution in [0.15, 0.2) is 24.3 Å². The van der Waals surface area contributed by atoms with Crippen LogP contribution in [0.25, 0.3) is 0 Å². The van der Waals surface area contributed by atoms with Crippen molar-refractivity contribution in [2.24, 2.45) is 0 Å². The van der Waals surface area contributed by atoms with Crippen molar-refractivity contribution in [3.8, 4) is 0 Å². The summed E-state index contributed by atoms with van der Waals surface area (Å²) in [5.41, 5.74) is 0.552. The second kappa shape index (κ2) is 7.49. The molecule has 7 nitrogen and oxygen atoms in total. The molecule has 0 unspecified atom stereocenters. The molecule has 0 fully saturated rings. The van der Waals surface area contributed by atoms with Crippen molar-refractivity contribution in [1.82, 2.24) is 10.2 Å². The molecule has 0 saturated heterocycles. The van der Waals surface area contributed by atoms with E-state index in [0.29, 0.717) is 22.8 Å². The smallest absolute Gasteiger partial charge is 0.257 e. The molecule has 25 heavy (non-hydrogen) atoms. The summed E-state index contributed by atoms with van der Waals surface area (Å²) < 4.78 is 26.2. The molecule has 1 aromatic heterocycles. The van der Waals surface area contributed by atoms with Crippen molar-refractivity contribution in [2.45, 2.75) is 39.5 Å². The predicted octanol–water partition coefficient (Wildman–Crippen LogP) is 3.24. The quantitative estimate of drug-likeness (QED) is 0.799. The van der Waals surface area contributed by atoms with Crippen LogP contribution >= 0.6 is 11.3 Å². The number of carbonyl (C=O) groups is 1. The van der Waals surface area contributed by atoms with Gasteiger partial charge in [0, 0.05) is 16.7 Å². The Balaban J connectivity index is 2.12. The summed E-state index contributed by atoms with van der Waals surface area (Å²) in [5.74, 6) is -0.336. The van der Waals surface area contributed by atoms with E-state index in [-0.39, 0.29) is 17.1 Å². The van der Waals surface area contributed by atoms with E-state index < -0.39 is 10.0 Å². The van der Waals surface area contributed by atoms with Gasteiger partial charge in [0.15, 0.2) is 0 Å². The van der Waals surface area contributed by atoms with Crippen molar-refractivity contribution in [3.63, 3.8) is 0 Å². The van der Waals surface area contributed by atoms with Gasteiger partial charge in [-0.15, -0.1) is 10.2 Å². The fraction of sp³-hybridized carbons (Fsp3) is 0.438. The third kappa shape index (κ3) is 5.50. The Morgan fingerprint density at radius 2 is 1.96 bits per heavy atom. The first-order chi connectivity index (χ1) is 11.6. The van der Waals surface area contributed by atoms with Crippen LogP contribution in [-0.2, 0) is 15.4 Å². The highest BCUT2D eigenvalue weighted by Crippen LogP contribution is 2.28. The molecule has 1 amide bonds. The second-order valence-electron chi connectivity index (χ2n) is 6.62. The second-order valence-corrected chi connectivity index (χ2v) is 9.44. The Morgan fingerprint density at radius 1 is 1.24 bits per heavy atom. The van der Waals surface area contributed by atoms with Crippen LogP contribution in [0.4, 0.5) is 10.8 Å². The molecule has 2 rings (SSSR count). The highest BCUT2D eigenvalue weighted by atomic mass is 32.2. The molecule has 136 valence electrons. The standard InChI is InChI=1S/C16H22N4O3S2/c1-5-9-25(22,23)20-12-8-6-7-11(10-12)13(21)17-15-19-18-14(24-15)16(2,3)4/h6-8,10,20H,5,9H2,1-4H3,(H,17,19,21). The molecule has 9 heteroatoms. The lowest BCUT2D eigenvalue weighted by molar-refractivity contribution is 0.102. The maximum absolute atomic E-state index is 12.4. The monoisotopic (exact) mass is 382 g/mol. The SMILES string of the molecule is CCCS(=O)(=O)Nc1cccc(C(=O)Nc2nnc(C(C)(C)C)s2)c1. The fourth-order valence-electron chi connectivity index (χ4n) is 1.97. The number of nitrogens with zero attached hydrogens (tertiary/aromatic N) is 2. The zero-order valence-corrected chi connectivity index (χ0v) is 16.3. The van der Waals surface area contributed by atoms with Crippen molar-refractivity contribution >= 4 is 38.1 Å². The van der Waals surface area contributed by atoms with Gasteiger partial charge in [-0.25, -0.2) is 8.42 Å². The number of rotatable bonds is 6. The molecular formula is C16H22N4O3S2. The summed E-state index contributed by atoms with van der Waals surface area (Å²) in [7, 11) is -3.40. The van der Waals surface area contributed by atoms with Crippen LogP contribution in [-0.4, -0.2) is 30.3 Å². The van der Waals surface area contributed by atoms with Gasteiger partial charge in [0.2, 0.25) is 15.2 Å². The number of nitrogens with one attached hydrogen (secondary N) is 2. The number of amides is 1. The van der Waals surface area contributed by atoms with Crippen LogP contribution < -0.4 is 10.0 Å². The van der Waals surface area contributed by atoms with E-state index in [0.717, 1.165) is 5.01 Å². The zero-order valence-electron chi connectivity index (χ0n) is 14.7. The molecule has 0 aliphatic heterocycles. The maximum Gasteiger partial charge on any atom is 0.257 e. The van der Waals surface area contributed by atoms with Crippen LogP contribution in [0.3, 0.4) is 0 Å². The van der Waals surface area contributed by atoms with Gasteiger partial charge in [0.1, 0.15) is 5.01 Å². The average Bonchev–Trinajstić information content (AvgIpc) is 2.95. The van der Waals surface area contributed by atoms with Gasteiger partial charge in [0.25, 0.3) is 5.91 Å². The lowest BCUT2D eigenvalue weighted by Crippen LogP contribution is -2.17. The van der Waals surface area contributed by atoms with Gasteiger partial charge >= 0.3 is 0 Å². The summed E-state index contributed by atoms with van der Waals surface area (Å²) in [6.07, 6.45) is 0.517. The van der Waals surface area contributed by atoms with Crippen LogP contribution in [0, 0.1) is 0 Å². The summed E-state index contributed by atoms with van der Waals surface area (Å²) in [6, 6.07) is 6.33. The topological polar surface area (TPSA) is 101 Å². The first-order valence-electron chi connectivity index (χ1n) is 7.86. The first kappa shape index (κ1) is 19.3. The molecule has 0 spiro atoms. The average molecular weight is 383 g/mol. The minimum atomic E-state index is -3.40. The van der Waals surface area contributed by atoms with Gasteiger partial charge < -0.3 is 0 Å². The predicted molar refractivity (Wildman–Crippen MR) is 101 cm³/mol. The Morgan fingerprint density at radius 3 is 2.56 bits per heavy atom. The summed E-state index contributed by atoms with van der Waals surface area (Å²) in [6.45, 7) is 7.85. The number of carbonyl (C=O) groups excluding carboxylic acids is 1. The van der Waals surface area contributed by atoms with E-state index in [2.05, 4.69) is 20.2 Å². The van der Waals surface area contributed by atoms with Gasteiger partial charge in [-0.1, -0.05) is 45.1 Å². The molecular weight excluding hydrogens is 360 g/mol. The van der Waals surface area contributed by atoms with Crippen LogP contribution in [0.1, 0.15) is 49.5 Å². The van der Waals surface area contributed by atoms with E-state index in [9.17, 15) is 13.2 Å². The zero-order chi connectivity index (χ0) is 18.7. The van der Waals surface area contributed by atoms with E-state index in [1.807, 2.05) is 20.8 Å². The number of hydrogen-bond acceptors (Lipinski definition) is 6. The lowest BCUT2D eigenvalue weighted by atomic mass is 9.98. The Kier molecular flexibility index (Phi) is 5.79. The highest BCUT2D eigenvalue weighted by Gasteiger charge is 2.20. The number of benzene rings is 1. The number of aromatic nitrogens is 2. The summed E-state index contributed by atoms with van der Waals surface area (Å²) >= 11 is 1.32. The van der Waals surface area contributed by atoms with Gasteiger partial charge in [-0.05, 0) is 24.6 Å². The molecule has 1 aromatic carbocycles. The van der Waals surface area contributed by atoms with Gasteiger partial charge in [-0.2, -0.15) is 0 Å². The molecule has 0 bridgehead atoms. The molecule has 2 N–H and O–H groups in total. The number of hydrogen-bond donors (Lipinski definition) is 2. The summed E-state index contributed by atoms with van der Waals surface area (Å²) in [4.78, 5) is 12.4. The number of anilines is 2. The minimum absolute atomic E-state index is 0.0315. The largest absolute Gasteiger partial charge is 0.296 e. The molecule has 0 radical (unpaired) electrons. The Hall–Kier alpha value is -2.00. The molecule has 2 aromatic rings. The lowest BCUT2D eigenvalue weighted by Gasteiger charge is -2.12. The highest BCUT2D eigenvalue weighted by molar-refractivity contribution is 7.92. The van der Waals surface area contributed by atoms with Crippen LogP contribution in [0.2, 0.25) is 0 Å². The van der Waals surface area contributed by atoms with E-state index >= 15 is 0 Å². The van der Waals surface area contributed by atoms with E-state index in [1.54, 1.807) is 25.1 Å². The summed E-state index contributed by atoms with van der Waals surface area (Å²) in [5, 5.41) is 12.0. The number of sulfonamides is 1. The third-order valence-electron chi connectivity index (χ3n) is 3.16. The van der Waals surface area contributed by atoms with Gasteiger partial charge in [0.05, 0.1) is 5.75 Å².